The van der Waals surface area contributed by atoms with Gasteiger partial charge < -0.3 is 21.4 Å². The van der Waals surface area contributed by atoms with E-state index < -0.39 is 5.91 Å². The maximum atomic E-state index is 11.9. The van der Waals surface area contributed by atoms with Crippen LogP contribution in [-0.4, -0.2) is 43.4 Å². The Balaban J connectivity index is 2.66. The van der Waals surface area contributed by atoms with Crippen molar-refractivity contribution < 1.29 is 14.8 Å². The van der Waals surface area contributed by atoms with Crippen LogP contribution in [0.25, 0.3) is 6.08 Å². The van der Waals surface area contributed by atoms with E-state index >= 15 is 0 Å². The summed E-state index contributed by atoms with van der Waals surface area (Å²) in [5.41, 5.74) is 9.88. The van der Waals surface area contributed by atoms with Crippen LogP contribution < -0.4 is 21.4 Å². The highest BCUT2D eigenvalue weighted by molar-refractivity contribution is 5.99. The molecule has 0 aromatic heterocycles. The van der Waals surface area contributed by atoms with Crippen LogP contribution in [0.4, 0.5) is 11.4 Å². The standard InChI is InChI=1S/C18H23N5O3/c1-3-14(8-9-19)18(25)21-10-11-23(2)16-6-4-13(12-15(16)20)5-7-17(24)22-26/h3-9,12,19,26H,1,10-11,20H2,2H3,(H,21,25)(H,22,24)/b7-5+,14-8+,19-9?. The number of nitrogen functional groups attached to an aromatic ring is 1. The topological polar surface area (TPSA) is 132 Å². The van der Waals surface area contributed by atoms with Gasteiger partial charge in [0.2, 0.25) is 0 Å². The molecule has 0 fully saturated rings. The van der Waals surface area contributed by atoms with E-state index in [1.807, 2.05) is 11.9 Å². The molecule has 0 unspecified atom stereocenters. The summed E-state index contributed by atoms with van der Waals surface area (Å²) < 4.78 is 0. The van der Waals surface area contributed by atoms with Crippen LogP contribution in [0.15, 0.2) is 48.6 Å². The quantitative estimate of drug-likeness (QED) is 0.113. The third-order valence-electron chi connectivity index (χ3n) is 3.48. The third-order valence-corrected chi connectivity index (χ3v) is 3.48. The van der Waals surface area contributed by atoms with Crippen LogP contribution in [0.5, 0.6) is 0 Å². The molecule has 138 valence electrons. The van der Waals surface area contributed by atoms with Crippen molar-refractivity contribution in [2.75, 3.05) is 30.8 Å². The third kappa shape index (κ3) is 6.25. The average molecular weight is 357 g/mol. The molecule has 26 heavy (non-hydrogen) atoms. The number of nitrogens with one attached hydrogen (secondary N) is 3. The molecule has 8 heteroatoms. The van der Waals surface area contributed by atoms with Crippen LogP contribution in [0.1, 0.15) is 5.56 Å². The van der Waals surface area contributed by atoms with Crippen molar-refractivity contribution in [3.05, 3.63) is 54.1 Å². The summed E-state index contributed by atoms with van der Waals surface area (Å²) in [5, 5.41) is 18.2. The number of hydroxylamine groups is 1. The molecule has 0 spiro atoms. The minimum Gasteiger partial charge on any atom is -0.397 e. The van der Waals surface area contributed by atoms with E-state index in [2.05, 4.69) is 11.9 Å². The predicted molar refractivity (Wildman–Crippen MR) is 103 cm³/mol. The van der Waals surface area contributed by atoms with Gasteiger partial charge in [-0.2, -0.15) is 0 Å². The molecule has 0 bridgehead atoms. The van der Waals surface area contributed by atoms with E-state index in [1.165, 1.54) is 29.8 Å². The Bertz CT molecular complexity index is 740. The number of amides is 2. The molecule has 0 heterocycles. The summed E-state index contributed by atoms with van der Waals surface area (Å²) >= 11 is 0. The van der Waals surface area contributed by atoms with Crippen molar-refractivity contribution in [2.24, 2.45) is 0 Å². The first-order valence-electron chi connectivity index (χ1n) is 7.77. The number of hydrogen-bond acceptors (Lipinski definition) is 6. The highest BCUT2D eigenvalue weighted by atomic mass is 16.5. The highest BCUT2D eigenvalue weighted by Gasteiger charge is 2.08. The Morgan fingerprint density at radius 3 is 2.73 bits per heavy atom. The van der Waals surface area contributed by atoms with Crippen LogP contribution in [0, 0.1) is 5.41 Å². The van der Waals surface area contributed by atoms with Gasteiger partial charge in [-0.05, 0) is 29.8 Å². The molecule has 0 atom stereocenters. The minimum absolute atomic E-state index is 0.299. The van der Waals surface area contributed by atoms with Gasteiger partial charge in [-0.1, -0.05) is 18.7 Å². The van der Waals surface area contributed by atoms with Crippen molar-refractivity contribution in [2.45, 2.75) is 0 Å². The first-order valence-corrected chi connectivity index (χ1v) is 7.77. The molecule has 1 rings (SSSR count). The van der Waals surface area contributed by atoms with E-state index in [1.54, 1.807) is 18.2 Å². The summed E-state index contributed by atoms with van der Waals surface area (Å²) in [7, 11) is 1.84. The molecule has 2 amide bonds. The fourth-order valence-corrected chi connectivity index (χ4v) is 2.12. The van der Waals surface area contributed by atoms with Gasteiger partial charge in [0.05, 0.1) is 11.4 Å². The lowest BCUT2D eigenvalue weighted by Gasteiger charge is -2.21. The number of carbonyl (C=O) groups excluding carboxylic acids is 2. The Morgan fingerprint density at radius 1 is 1.42 bits per heavy atom. The second-order valence-electron chi connectivity index (χ2n) is 5.30. The smallest absolute Gasteiger partial charge is 0.267 e. The summed E-state index contributed by atoms with van der Waals surface area (Å²) in [5.74, 6) is -0.927. The molecular formula is C18H23N5O3. The first-order chi connectivity index (χ1) is 12.4. The van der Waals surface area contributed by atoms with Gasteiger partial charge >= 0.3 is 0 Å². The van der Waals surface area contributed by atoms with E-state index in [9.17, 15) is 9.59 Å². The molecule has 8 nitrogen and oxygen atoms in total. The number of nitrogens with two attached hydrogens (primary N) is 1. The number of nitrogens with zero attached hydrogens (tertiary/aromatic N) is 1. The fraction of sp³-hybridized carbons (Fsp3) is 0.167. The van der Waals surface area contributed by atoms with Crippen LogP contribution in [0.3, 0.4) is 0 Å². The second kappa shape index (κ2) is 10.5. The molecule has 0 aliphatic rings. The molecule has 6 N–H and O–H groups in total. The van der Waals surface area contributed by atoms with E-state index in [-0.39, 0.29) is 5.91 Å². The summed E-state index contributed by atoms with van der Waals surface area (Å²) in [4.78, 5) is 24.8. The number of benzene rings is 1. The van der Waals surface area contributed by atoms with Crippen LogP contribution >= 0.6 is 0 Å². The van der Waals surface area contributed by atoms with Crippen molar-refractivity contribution in [3.63, 3.8) is 0 Å². The molecule has 0 aliphatic heterocycles. The Kier molecular flexibility index (Phi) is 8.32. The number of carbonyl (C=O) groups is 2. The molecule has 0 radical (unpaired) electrons. The number of hydrogen-bond donors (Lipinski definition) is 5. The Morgan fingerprint density at radius 2 is 2.15 bits per heavy atom. The Labute approximate surface area is 152 Å². The average Bonchev–Trinajstić information content (AvgIpc) is 2.63. The minimum atomic E-state index is -0.628. The summed E-state index contributed by atoms with van der Waals surface area (Å²) in [6, 6.07) is 5.29. The molecular weight excluding hydrogens is 334 g/mol. The SMILES string of the molecule is C=C/C(=C\C=N)C(=O)NCCN(C)c1ccc(/C=C/C(=O)NO)cc1N. The molecule has 1 aromatic carbocycles. The maximum Gasteiger partial charge on any atom is 0.267 e. The lowest BCUT2D eigenvalue weighted by Crippen LogP contribution is -2.33. The molecule has 0 saturated carbocycles. The maximum absolute atomic E-state index is 11.9. The van der Waals surface area contributed by atoms with E-state index in [0.29, 0.717) is 29.9 Å². The van der Waals surface area contributed by atoms with Crippen molar-refractivity contribution in [3.8, 4) is 0 Å². The number of allylic oxidation sites excluding steroid dienone is 1. The van der Waals surface area contributed by atoms with Gasteiger partial charge in [0.15, 0.2) is 0 Å². The fourth-order valence-electron chi connectivity index (χ4n) is 2.12. The first kappa shape index (κ1) is 20.7. The number of rotatable bonds is 9. The number of likely N-dealkylation sites (N-methyl/N-ethyl adjacent to an activating group) is 1. The zero-order valence-corrected chi connectivity index (χ0v) is 14.5. The van der Waals surface area contributed by atoms with Crippen molar-refractivity contribution in [1.82, 2.24) is 10.8 Å². The van der Waals surface area contributed by atoms with Gasteiger partial charge in [0.25, 0.3) is 11.8 Å². The lowest BCUT2D eigenvalue weighted by atomic mass is 10.1. The van der Waals surface area contributed by atoms with E-state index in [4.69, 9.17) is 16.4 Å². The second-order valence-corrected chi connectivity index (χ2v) is 5.30. The van der Waals surface area contributed by atoms with Gasteiger partial charge in [0.1, 0.15) is 0 Å². The predicted octanol–water partition coefficient (Wildman–Crippen LogP) is 1.10. The van der Waals surface area contributed by atoms with Gasteiger partial charge in [-0.3, -0.25) is 14.8 Å². The molecule has 0 saturated heterocycles. The number of anilines is 2. The van der Waals surface area contributed by atoms with Gasteiger partial charge in [-0.25, -0.2) is 5.48 Å². The highest BCUT2D eigenvalue weighted by Crippen LogP contribution is 2.23. The van der Waals surface area contributed by atoms with Gasteiger partial charge in [0, 0.05) is 38.0 Å². The lowest BCUT2D eigenvalue weighted by molar-refractivity contribution is -0.124. The largest absolute Gasteiger partial charge is 0.397 e. The van der Waals surface area contributed by atoms with Crippen LogP contribution in [0.2, 0.25) is 0 Å². The Hall–Kier alpha value is -3.39. The normalized spacial score (nSPS) is 11.1. The summed E-state index contributed by atoms with van der Waals surface area (Å²) in [6.07, 6.45) is 6.51. The van der Waals surface area contributed by atoms with Crippen molar-refractivity contribution in [1.29, 1.82) is 5.41 Å². The van der Waals surface area contributed by atoms with E-state index in [0.717, 1.165) is 11.9 Å². The molecule has 0 aliphatic carbocycles. The van der Waals surface area contributed by atoms with Crippen molar-refractivity contribution >= 4 is 35.5 Å². The zero-order chi connectivity index (χ0) is 19.5. The molecule has 1 aromatic rings. The monoisotopic (exact) mass is 357 g/mol. The summed E-state index contributed by atoms with van der Waals surface area (Å²) in [6.45, 7) is 4.44. The van der Waals surface area contributed by atoms with Gasteiger partial charge in [-0.15, -0.1) is 0 Å². The zero-order valence-electron chi connectivity index (χ0n) is 14.5. The van der Waals surface area contributed by atoms with Crippen LogP contribution in [-0.2, 0) is 9.59 Å².